The summed E-state index contributed by atoms with van der Waals surface area (Å²) in [5.41, 5.74) is 5.79. The molecule has 0 spiro atoms. The van der Waals surface area contributed by atoms with Gasteiger partial charge in [-0.15, -0.1) is 11.3 Å². The molecule has 0 fully saturated rings. The van der Waals surface area contributed by atoms with E-state index in [0.29, 0.717) is 30.2 Å². The lowest BCUT2D eigenvalue weighted by molar-refractivity contribution is 0.102. The van der Waals surface area contributed by atoms with Crippen molar-refractivity contribution in [3.05, 3.63) is 27.9 Å². The summed E-state index contributed by atoms with van der Waals surface area (Å²) in [6.45, 7) is 2.28. The molecule has 0 saturated heterocycles. The minimum Gasteiger partial charge on any atom is -0.360 e. The maximum atomic E-state index is 11.8. The van der Waals surface area contributed by atoms with E-state index in [4.69, 9.17) is 10.3 Å². The van der Waals surface area contributed by atoms with E-state index in [1.165, 1.54) is 11.3 Å². The minimum absolute atomic E-state index is 0.294. The van der Waals surface area contributed by atoms with Crippen LogP contribution in [-0.2, 0) is 6.42 Å². The highest BCUT2D eigenvalue weighted by Gasteiger charge is 2.12. The van der Waals surface area contributed by atoms with Crippen LogP contribution >= 0.6 is 11.3 Å². The third-order valence-electron chi connectivity index (χ3n) is 2.01. The van der Waals surface area contributed by atoms with Gasteiger partial charge >= 0.3 is 0 Å². The Morgan fingerprint density at radius 2 is 2.47 bits per heavy atom. The van der Waals surface area contributed by atoms with Crippen molar-refractivity contribution in [2.45, 2.75) is 13.3 Å². The molecule has 0 aliphatic carbocycles. The fourth-order valence-electron chi connectivity index (χ4n) is 1.26. The first kappa shape index (κ1) is 11.7. The van der Waals surface area contributed by atoms with Gasteiger partial charge in [-0.25, -0.2) is 4.98 Å². The third-order valence-corrected chi connectivity index (χ3v) is 2.92. The highest BCUT2D eigenvalue weighted by atomic mass is 32.1. The molecule has 3 N–H and O–H groups in total. The van der Waals surface area contributed by atoms with Gasteiger partial charge in [-0.1, -0.05) is 5.16 Å². The Morgan fingerprint density at radius 1 is 1.65 bits per heavy atom. The number of hydrogen-bond donors (Lipinski definition) is 2. The molecule has 0 bridgehead atoms. The van der Waals surface area contributed by atoms with E-state index in [9.17, 15) is 4.79 Å². The van der Waals surface area contributed by atoms with Gasteiger partial charge in [-0.05, 0) is 13.5 Å². The molecule has 2 aromatic rings. The Morgan fingerprint density at radius 3 is 3.12 bits per heavy atom. The Kier molecular flexibility index (Phi) is 3.50. The van der Waals surface area contributed by atoms with Crippen molar-refractivity contribution in [2.75, 3.05) is 11.9 Å². The second kappa shape index (κ2) is 5.07. The quantitative estimate of drug-likeness (QED) is 0.852. The van der Waals surface area contributed by atoms with Crippen molar-refractivity contribution in [1.82, 2.24) is 10.1 Å². The number of nitrogens with zero attached hydrogens (tertiary/aromatic N) is 2. The number of thiazole rings is 1. The number of carbonyl (C=O) groups is 1. The molecule has 0 aliphatic heterocycles. The van der Waals surface area contributed by atoms with E-state index in [1.807, 2.05) is 0 Å². The lowest BCUT2D eigenvalue weighted by Gasteiger charge is -1.96. The van der Waals surface area contributed by atoms with Crippen molar-refractivity contribution in [3.63, 3.8) is 0 Å². The molecule has 2 aromatic heterocycles. The van der Waals surface area contributed by atoms with E-state index < -0.39 is 0 Å². The third kappa shape index (κ3) is 2.89. The van der Waals surface area contributed by atoms with Crippen molar-refractivity contribution < 1.29 is 9.32 Å². The number of nitrogens with two attached hydrogens (primary N) is 1. The lowest BCUT2D eigenvalue weighted by Crippen LogP contribution is -2.13. The molecule has 0 aromatic carbocycles. The van der Waals surface area contributed by atoms with Gasteiger partial charge in [0.1, 0.15) is 11.5 Å². The second-order valence-electron chi connectivity index (χ2n) is 3.44. The Balaban J connectivity index is 2.03. The molecular weight excluding hydrogens is 240 g/mol. The largest absolute Gasteiger partial charge is 0.360 e. The standard InChI is InChI=1S/C10H12N4O2S/c1-6-4-8(14-16-6)13-10(15)7-5-17-9(12-7)2-3-11/h4-5H,2-3,11H2,1H3,(H,13,14,15). The Bertz CT molecular complexity index is 520. The van der Waals surface area contributed by atoms with E-state index in [1.54, 1.807) is 18.4 Å². The lowest BCUT2D eigenvalue weighted by atomic mass is 10.4. The van der Waals surface area contributed by atoms with Crippen LogP contribution in [0.2, 0.25) is 0 Å². The molecule has 0 radical (unpaired) electrons. The van der Waals surface area contributed by atoms with E-state index in [-0.39, 0.29) is 5.91 Å². The van der Waals surface area contributed by atoms with Crippen molar-refractivity contribution in [3.8, 4) is 0 Å². The van der Waals surface area contributed by atoms with Gasteiger partial charge in [0.2, 0.25) is 0 Å². The van der Waals surface area contributed by atoms with Crippen LogP contribution in [0, 0.1) is 6.92 Å². The predicted octanol–water partition coefficient (Wildman–Crippen LogP) is 1.19. The first-order valence-electron chi connectivity index (χ1n) is 5.08. The molecule has 2 rings (SSSR count). The maximum absolute atomic E-state index is 11.8. The number of aryl methyl sites for hydroxylation is 1. The summed E-state index contributed by atoms with van der Waals surface area (Å²) in [4.78, 5) is 15.9. The molecular formula is C10H12N4O2S. The summed E-state index contributed by atoms with van der Waals surface area (Å²) < 4.78 is 4.85. The molecule has 1 amide bonds. The summed E-state index contributed by atoms with van der Waals surface area (Å²) in [6, 6.07) is 1.64. The van der Waals surface area contributed by atoms with Gasteiger partial charge in [0, 0.05) is 17.9 Å². The number of amides is 1. The molecule has 0 unspecified atom stereocenters. The Labute approximate surface area is 102 Å². The van der Waals surface area contributed by atoms with Crippen LogP contribution in [0.3, 0.4) is 0 Å². The summed E-state index contributed by atoms with van der Waals surface area (Å²) in [5.74, 6) is 0.737. The zero-order valence-electron chi connectivity index (χ0n) is 9.27. The molecule has 0 aliphatic rings. The van der Waals surface area contributed by atoms with E-state index in [0.717, 1.165) is 5.01 Å². The number of anilines is 1. The topological polar surface area (TPSA) is 94.0 Å². The average Bonchev–Trinajstić information content (AvgIpc) is 2.88. The summed E-state index contributed by atoms with van der Waals surface area (Å²) in [6.07, 6.45) is 0.682. The molecule has 6 nitrogen and oxygen atoms in total. The van der Waals surface area contributed by atoms with Crippen molar-refractivity contribution in [2.24, 2.45) is 5.73 Å². The van der Waals surface area contributed by atoms with Crippen molar-refractivity contribution >= 4 is 23.1 Å². The second-order valence-corrected chi connectivity index (χ2v) is 4.38. The first-order valence-corrected chi connectivity index (χ1v) is 5.96. The van der Waals surface area contributed by atoms with Crippen LogP contribution in [0.4, 0.5) is 5.82 Å². The molecule has 0 atom stereocenters. The highest BCUT2D eigenvalue weighted by Crippen LogP contribution is 2.13. The van der Waals surface area contributed by atoms with Crippen LogP contribution in [0.1, 0.15) is 21.3 Å². The highest BCUT2D eigenvalue weighted by molar-refractivity contribution is 7.09. The van der Waals surface area contributed by atoms with E-state index >= 15 is 0 Å². The molecule has 7 heteroatoms. The van der Waals surface area contributed by atoms with Gasteiger partial charge in [-0.2, -0.15) is 0 Å². The Hall–Kier alpha value is -1.73. The molecule has 17 heavy (non-hydrogen) atoms. The van der Waals surface area contributed by atoms with Crippen LogP contribution in [0.5, 0.6) is 0 Å². The van der Waals surface area contributed by atoms with Gasteiger partial charge in [0.15, 0.2) is 5.82 Å². The maximum Gasteiger partial charge on any atom is 0.276 e. The average molecular weight is 252 g/mol. The monoisotopic (exact) mass is 252 g/mol. The van der Waals surface area contributed by atoms with Crippen LogP contribution in [0.15, 0.2) is 16.0 Å². The fourth-order valence-corrected chi connectivity index (χ4v) is 2.05. The smallest absolute Gasteiger partial charge is 0.276 e. The van der Waals surface area contributed by atoms with E-state index in [2.05, 4.69) is 15.5 Å². The van der Waals surface area contributed by atoms with Gasteiger partial charge in [0.05, 0.1) is 5.01 Å². The molecule has 2 heterocycles. The summed E-state index contributed by atoms with van der Waals surface area (Å²) >= 11 is 1.42. The summed E-state index contributed by atoms with van der Waals surface area (Å²) in [7, 11) is 0. The van der Waals surface area contributed by atoms with Crippen molar-refractivity contribution in [1.29, 1.82) is 0 Å². The predicted molar refractivity (Wildman–Crippen MR) is 64.1 cm³/mol. The number of aromatic nitrogens is 2. The first-order chi connectivity index (χ1) is 8.19. The zero-order valence-corrected chi connectivity index (χ0v) is 10.1. The van der Waals surface area contributed by atoms with Gasteiger partial charge in [0.25, 0.3) is 5.91 Å². The fraction of sp³-hybridized carbons (Fsp3) is 0.300. The SMILES string of the molecule is Cc1cc(NC(=O)c2csc(CCN)n2)no1. The van der Waals surface area contributed by atoms with Crippen LogP contribution in [-0.4, -0.2) is 22.6 Å². The van der Waals surface area contributed by atoms with Gasteiger partial charge < -0.3 is 15.6 Å². The normalized spacial score (nSPS) is 10.5. The number of carbonyl (C=O) groups excluding carboxylic acids is 1. The van der Waals surface area contributed by atoms with Crippen LogP contribution in [0.25, 0.3) is 0 Å². The number of hydrogen-bond acceptors (Lipinski definition) is 6. The van der Waals surface area contributed by atoms with Crippen LogP contribution < -0.4 is 11.1 Å². The zero-order chi connectivity index (χ0) is 12.3. The molecule has 90 valence electrons. The number of rotatable bonds is 4. The molecule has 0 saturated carbocycles. The number of nitrogens with one attached hydrogen (secondary N) is 1. The van der Waals surface area contributed by atoms with Gasteiger partial charge in [-0.3, -0.25) is 4.79 Å². The summed E-state index contributed by atoms with van der Waals surface area (Å²) in [5, 5.41) is 8.83. The minimum atomic E-state index is -0.294.